The van der Waals surface area contributed by atoms with Crippen molar-refractivity contribution in [2.75, 3.05) is 14.2 Å². The molecule has 0 saturated carbocycles. The first-order valence-corrected chi connectivity index (χ1v) is 8.87. The molecule has 1 heterocycles. The molecule has 2 atom stereocenters. The number of rotatable bonds is 6. The summed E-state index contributed by atoms with van der Waals surface area (Å²) in [5.41, 5.74) is 1.69. The van der Waals surface area contributed by atoms with E-state index >= 15 is 0 Å². The third kappa shape index (κ3) is 3.83. The Morgan fingerprint density at radius 2 is 1.11 bits per heavy atom. The molecular weight excluding hydrogens is 360 g/mol. The van der Waals surface area contributed by atoms with Crippen molar-refractivity contribution in [1.82, 2.24) is 9.80 Å². The van der Waals surface area contributed by atoms with E-state index in [-0.39, 0.29) is 13.1 Å². The molecule has 2 amide bonds. The molecule has 1 aliphatic heterocycles. The lowest BCUT2D eigenvalue weighted by atomic mass is 10.1. The molecule has 7 heteroatoms. The Balaban J connectivity index is 1.99. The second-order valence-electron chi connectivity index (χ2n) is 6.45. The van der Waals surface area contributed by atoms with Crippen LogP contribution in [0, 0.1) is 0 Å². The first-order valence-electron chi connectivity index (χ1n) is 8.87. The van der Waals surface area contributed by atoms with E-state index in [9.17, 15) is 14.4 Å². The molecule has 0 aromatic heterocycles. The predicted molar refractivity (Wildman–Crippen MR) is 101 cm³/mol. The fraction of sp³-hybridized carbons (Fsp3) is 0.286. The largest absolute Gasteiger partial charge is 0.467 e. The van der Waals surface area contributed by atoms with Crippen molar-refractivity contribution < 1.29 is 23.9 Å². The number of nitrogens with zero attached hydrogens (tertiary/aromatic N) is 2. The number of methoxy groups -OCH3 is 2. The quantitative estimate of drug-likeness (QED) is 0.716. The highest BCUT2D eigenvalue weighted by Gasteiger charge is 2.54. The smallest absolute Gasteiger partial charge is 0.331 e. The highest BCUT2D eigenvalue weighted by atomic mass is 16.5. The highest BCUT2D eigenvalue weighted by molar-refractivity contribution is 5.97. The summed E-state index contributed by atoms with van der Waals surface area (Å²) in [7, 11) is 2.48. The second kappa shape index (κ2) is 8.56. The average molecular weight is 382 g/mol. The predicted octanol–water partition coefficient (Wildman–Crippen LogP) is 2.21. The molecule has 0 bridgehead atoms. The van der Waals surface area contributed by atoms with E-state index in [0.717, 1.165) is 11.1 Å². The maximum Gasteiger partial charge on any atom is 0.331 e. The minimum absolute atomic E-state index is 0.179. The first kappa shape index (κ1) is 19.4. The van der Waals surface area contributed by atoms with E-state index in [1.807, 2.05) is 60.7 Å². The fourth-order valence-electron chi connectivity index (χ4n) is 3.39. The number of ether oxygens (including phenoxy) is 2. The zero-order valence-electron chi connectivity index (χ0n) is 15.8. The minimum Gasteiger partial charge on any atom is -0.467 e. The van der Waals surface area contributed by atoms with Crippen LogP contribution in [0.4, 0.5) is 4.79 Å². The maximum absolute atomic E-state index is 13.2. The second-order valence-corrected chi connectivity index (χ2v) is 6.45. The van der Waals surface area contributed by atoms with Crippen LogP contribution in [0.2, 0.25) is 0 Å². The van der Waals surface area contributed by atoms with Crippen LogP contribution in [-0.2, 0) is 32.2 Å². The van der Waals surface area contributed by atoms with E-state index in [0.29, 0.717) is 0 Å². The molecule has 0 unspecified atom stereocenters. The summed E-state index contributed by atoms with van der Waals surface area (Å²) in [5, 5.41) is 0. The van der Waals surface area contributed by atoms with Crippen molar-refractivity contribution >= 4 is 18.0 Å². The minimum atomic E-state index is -1.09. The lowest BCUT2D eigenvalue weighted by Crippen LogP contribution is -2.48. The van der Waals surface area contributed by atoms with Crippen LogP contribution in [0.1, 0.15) is 11.1 Å². The van der Waals surface area contributed by atoms with E-state index < -0.39 is 30.1 Å². The van der Waals surface area contributed by atoms with Gasteiger partial charge in [-0.15, -0.1) is 0 Å². The van der Waals surface area contributed by atoms with E-state index in [1.54, 1.807) is 0 Å². The lowest BCUT2D eigenvalue weighted by molar-refractivity contribution is -0.155. The van der Waals surface area contributed by atoms with Gasteiger partial charge in [0.1, 0.15) is 0 Å². The highest BCUT2D eigenvalue weighted by Crippen LogP contribution is 2.29. The molecule has 28 heavy (non-hydrogen) atoms. The normalized spacial score (nSPS) is 18.9. The van der Waals surface area contributed by atoms with Gasteiger partial charge in [0.05, 0.1) is 14.2 Å². The van der Waals surface area contributed by atoms with Gasteiger partial charge in [-0.1, -0.05) is 60.7 Å². The topological polar surface area (TPSA) is 76.2 Å². The zero-order valence-corrected chi connectivity index (χ0v) is 15.8. The molecule has 2 aromatic carbocycles. The Labute approximate surface area is 163 Å². The molecule has 0 aliphatic carbocycles. The van der Waals surface area contributed by atoms with Crippen LogP contribution < -0.4 is 0 Å². The summed E-state index contributed by atoms with van der Waals surface area (Å²) in [4.78, 5) is 41.0. The first-order chi connectivity index (χ1) is 13.6. The van der Waals surface area contributed by atoms with Gasteiger partial charge in [-0.3, -0.25) is 0 Å². The van der Waals surface area contributed by atoms with Gasteiger partial charge in [-0.05, 0) is 11.1 Å². The number of carbonyl (C=O) groups excluding carboxylic acids is 3. The molecule has 1 aliphatic rings. The van der Waals surface area contributed by atoms with E-state index in [1.165, 1.54) is 24.0 Å². The van der Waals surface area contributed by atoms with Crippen LogP contribution in [0.3, 0.4) is 0 Å². The summed E-state index contributed by atoms with van der Waals surface area (Å²) in [6, 6.07) is 16.0. The van der Waals surface area contributed by atoms with Gasteiger partial charge in [0.25, 0.3) is 0 Å². The van der Waals surface area contributed by atoms with Crippen LogP contribution >= 0.6 is 0 Å². The SMILES string of the molecule is COC(=O)[C@H]1[C@H](C(=O)OC)N(Cc2ccccc2)C(=O)N1Cc1ccccc1. The Bertz CT molecular complexity index is 771. The fourth-order valence-corrected chi connectivity index (χ4v) is 3.39. The third-order valence-corrected chi connectivity index (χ3v) is 4.74. The van der Waals surface area contributed by atoms with Crippen molar-refractivity contribution in [3.63, 3.8) is 0 Å². The summed E-state index contributed by atoms with van der Waals surface area (Å²) in [6.45, 7) is 0.358. The van der Waals surface area contributed by atoms with Gasteiger partial charge in [0.15, 0.2) is 12.1 Å². The Hall–Kier alpha value is -3.35. The average Bonchev–Trinajstić information content (AvgIpc) is 3.00. The van der Waals surface area contributed by atoms with Gasteiger partial charge in [0.2, 0.25) is 0 Å². The van der Waals surface area contributed by atoms with E-state index in [2.05, 4.69) is 0 Å². The molecule has 3 rings (SSSR count). The summed E-state index contributed by atoms with van der Waals surface area (Å²) >= 11 is 0. The maximum atomic E-state index is 13.2. The number of carbonyl (C=O) groups is 3. The molecule has 0 N–H and O–H groups in total. The van der Waals surface area contributed by atoms with Gasteiger partial charge in [-0.25, -0.2) is 14.4 Å². The molecule has 7 nitrogen and oxygen atoms in total. The van der Waals surface area contributed by atoms with Crippen molar-refractivity contribution in [2.45, 2.75) is 25.2 Å². The molecule has 146 valence electrons. The Morgan fingerprint density at radius 1 is 0.750 bits per heavy atom. The molecule has 0 spiro atoms. The zero-order chi connectivity index (χ0) is 20.1. The Kier molecular flexibility index (Phi) is 5.93. The summed E-state index contributed by atoms with van der Waals surface area (Å²) < 4.78 is 9.81. The van der Waals surface area contributed by atoms with Gasteiger partial charge < -0.3 is 19.3 Å². The molecule has 2 aromatic rings. The van der Waals surface area contributed by atoms with Crippen LogP contribution in [0.25, 0.3) is 0 Å². The number of benzene rings is 2. The lowest BCUT2D eigenvalue weighted by Gasteiger charge is -2.24. The van der Waals surface area contributed by atoms with Crippen LogP contribution in [-0.4, -0.2) is 54.1 Å². The number of amides is 2. The molecule has 0 radical (unpaired) electrons. The standard InChI is InChI=1S/C21H22N2O5/c1-27-19(24)17-18(20(25)28-2)23(14-16-11-7-4-8-12-16)21(26)22(17)13-15-9-5-3-6-10-15/h3-12,17-18H,13-14H2,1-2H3/t17-,18-/m1/s1. The van der Waals surface area contributed by atoms with Crippen molar-refractivity contribution in [2.24, 2.45) is 0 Å². The number of hydrogen-bond acceptors (Lipinski definition) is 5. The summed E-state index contributed by atoms with van der Waals surface area (Å²) in [5.74, 6) is -1.31. The van der Waals surface area contributed by atoms with Crippen LogP contribution in [0.5, 0.6) is 0 Å². The number of urea groups is 1. The van der Waals surface area contributed by atoms with Gasteiger partial charge in [-0.2, -0.15) is 0 Å². The van der Waals surface area contributed by atoms with Gasteiger partial charge >= 0.3 is 18.0 Å². The monoisotopic (exact) mass is 382 g/mol. The Morgan fingerprint density at radius 3 is 1.43 bits per heavy atom. The van der Waals surface area contributed by atoms with Crippen molar-refractivity contribution in [3.05, 3.63) is 71.8 Å². The van der Waals surface area contributed by atoms with Crippen molar-refractivity contribution in [1.29, 1.82) is 0 Å². The number of hydrogen-bond donors (Lipinski definition) is 0. The summed E-state index contributed by atoms with van der Waals surface area (Å²) in [6.07, 6.45) is 0. The van der Waals surface area contributed by atoms with Crippen molar-refractivity contribution in [3.8, 4) is 0 Å². The molecule has 1 fully saturated rings. The number of esters is 2. The molecular formula is C21H22N2O5. The van der Waals surface area contributed by atoms with Crippen LogP contribution in [0.15, 0.2) is 60.7 Å². The van der Waals surface area contributed by atoms with Gasteiger partial charge in [0, 0.05) is 13.1 Å². The molecule has 1 saturated heterocycles. The van der Waals surface area contributed by atoms with E-state index in [4.69, 9.17) is 9.47 Å². The third-order valence-electron chi connectivity index (χ3n) is 4.74.